The van der Waals surface area contributed by atoms with E-state index in [1.54, 1.807) is 0 Å². The zero-order valence-corrected chi connectivity index (χ0v) is 19.9. The van der Waals surface area contributed by atoms with Gasteiger partial charge in [-0.1, -0.05) is 32.0 Å². The van der Waals surface area contributed by atoms with Crippen LogP contribution >= 0.6 is 24.0 Å². The Morgan fingerprint density at radius 1 is 1.22 bits per heavy atom. The minimum absolute atomic E-state index is 0. The first-order chi connectivity index (χ1) is 12.4. The maximum absolute atomic E-state index is 6.11. The molecule has 0 spiro atoms. The van der Waals surface area contributed by atoms with Crippen molar-refractivity contribution in [1.82, 2.24) is 15.1 Å². The van der Waals surface area contributed by atoms with Crippen molar-refractivity contribution in [3.8, 4) is 5.75 Å². The standard InChI is InChI=1S/C21H36N4O.HI/c1-6-22-20(23-16-21(2,3)17-24(4)5)25-14-12-19(13-15-25)26-18-10-8-7-9-11-18;/h7-11,19H,6,12-17H2,1-5H3,(H,22,23);1H. The van der Waals surface area contributed by atoms with E-state index >= 15 is 0 Å². The largest absolute Gasteiger partial charge is 0.490 e. The summed E-state index contributed by atoms with van der Waals surface area (Å²) in [6.45, 7) is 11.4. The third-order valence-electron chi connectivity index (χ3n) is 4.52. The van der Waals surface area contributed by atoms with Crippen molar-refractivity contribution in [3.63, 3.8) is 0 Å². The molecule has 1 aliphatic rings. The molecule has 1 aromatic rings. The Balaban J connectivity index is 0.00000364. The van der Waals surface area contributed by atoms with Crippen LogP contribution in [0.25, 0.3) is 0 Å². The second-order valence-corrected chi connectivity index (χ2v) is 8.19. The van der Waals surface area contributed by atoms with Gasteiger partial charge in [-0.25, -0.2) is 0 Å². The Morgan fingerprint density at radius 2 is 1.85 bits per heavy atom. The molecule has 0 bridgehead atoms. The van der Waals surface area contributed by atoms with Gasteiger partial charge in [-0.15, -0.1) is 24.0 Å². The molecule has 0 saturated carbocycles. The van der Waals surface area contributed by atoms with Gasteiger partial charge in [0.1, 0.15) is 11.9 Å². The highest BCUT2D eigenvalue weighted by atomic mass is 127. The lowest BCUT2D eigenvalue weighted by Gasteiger charge is -2.35. The summed E-state index contributed by atoms with van der Waals surface area (Å²) in [6, 6.07) is 10.1. The highest BCUT2D eigenvalue weighted by Gasteiger charge is 2.24. The number of piperidine rings is 1. The molecule has 1 aliphatic heterocycles. The molecule has 0 unspecified atom stereocenters. The Bertz CT molecular complexity index is 555. The van der Waals surface area contributed by atoms with E-state index < -0.39 is 0 Å². The number of para-hydroxylation sites is 1. The minimum atomic E-state index is 0. The molecule has 6 heteroatoms. The average Bonchev–Trinajstić information content (AvgIpc) is 2.59. The number of nitrogens with zero attached hydrogens (tertiary/aromatic N) is 3. The predicted molar refractivity (Wildman–Crippen MR) is 125 cm³/mol. The minimum Gasteiger partial charge on any atom is -0.490 e. The summed E-state index contributed by atoms with van der Waals surface area (Å²) in [4.78, 5) is 9.54. The fourth-order valence-corrected chi connectivity index (χ4v) is 3.50. The number of nitrogens with one attached hydrogen (secondary N) is 1. The van der Waals surface area contributed by atoms with E-state index in [0.717, 1.165) is 57.3 Å². The van der Waals surface area contributed by atoms with E-state index in [1.165, 1.54) is 0 Å². The molecular weight excluding hydrogens is 451 g/mol. The molecular formula is C21H37IN4O. The summed E-state index contributed by atoms with van der Waals surface area (Å²) in [5.41, 5.74) is 0.166. The van der Waals surface area contributed by atoms with Crippen LogP contribution in [0.15, 0.2) is 35.3 Å². The molecule has 1 heterocycles. The lowest BCUT2D eigenvalue weighted by atomic mass is 9.93. The highest BCUT2D eigenvalue weighted by molar-refractivity contribution is 14.0. The molecule has 1 fully saturated rings. The van der Waals surface area contributed by atoms with Gasteiger partial charge in [0.25, 0.3) is 0 Å². The molecule has 1 N–H and O–H groups in total. The van der Waals surface area contributed by atoms with E-state index in [1.807, 2.05) is 30.3 Å². The smallest absolute Gasteiger partial charge is 0.193 e. The third kappa shape index (κ3) is 8.68. The summed E-state index contributed by atoms with van der Waals surface area (Å²) in [5.74, 6) is 2.01. The zero-order valence-electron chi connectivity index (χ0n) is 17.6. The van der Waals surface area contributed by atoms with Gasteiger partial charge in [-0.05, 0) is 38.6 Å². The quantitative estimate of drug-likeness (QED) is 0.361. The molecule has 0 aromatic heterocycles. The van der Waals surface area contributed by atoms with Crippen LogP contribution in [0.4, 0.5) is 0 Å². The number of guanidine groups is 1. The van der Waals surface area contributed by atoms with Crippen LogP contribution in [0.3, 0.4) is 0 Å². The van der Waals surface area contributed by atoms with Gasteiger partial charge in [0.2, 0.25) is 0 Å². The molecule has 0 amide bonds. The summed E-state index contributed by atoms with van der Waals surface area (Å²) in [5, 5.41) is 3.46. The summed E-state index contributed by atoms with van der Waals surface area (Å²) in [7, 11) is 4.24. The van der Waals surface area contributed by atoms with Crippen molar-refractivity contribution >= 4 is 29.9 Å². The van der Waals surface area contributed by atoms with E-state index in [-0.39, 0.29) is 29.4 Å². The third-order valence-corrected chi connectivity index (χ3v) is 4.52. The Labute approximate surface area is 182 Å². The molecule has 154 valence electrons. The van der Waals surface area contributed by atoms with Gasteiger partial charge in [0.15, 0.2) is 5.96 Å². The number of aliphatic imine (C=N–C) groups is 1. The van der Waals surface area contributed by atoms with E-state index in [2.05, 4.69) is 50.0 Å². The molecule has 27 heavy (non-hydrogen) atoms. The van der Waals surface area contributed by atoms with Crippen LogP contribution in [0.2, 0.25) is 0 Å². The maximum atomic E-state index is 6.11. The number of rotatable bonds is 7. The average molecular weight is 488 g/mol. The number of hydrogen-bond acceptors (Lipinski definition) is 3. The van der Waals surface area contributed by atoms with Crippen molar-refractivity contribution < 1.29 is 4.74 Å². The van der Waals surface area contributed by atoms with Crippen LogP contribution in [0.1, 0.15) is 33.6 Å². The van der Waals surface area contributed by atoms with Crippen LogP contribution < -0.4 is 10.1 Å². The first-order valence-corrected chi connectivity index (χ1v) is 9.79. The monoisotopic (exact) mass is 488 g/mol. The van der Waals surface area contributed by atoms with E-state index in [0.29, 0.717) is 6.10 Å². The fraction of sp³-hybridized carbons (Fsp3) is 0.667. The molecule has 1 saturated heterocycles. The highest BCUT2D eigenvalue weighted by Crippen LogP contribution is 2.20. The normalized spacial score (nSPS) is 16.2. The van der Waals surface area contributed by atoms with E-state index in [9.17, 15) is 0 Å². The maximum Gasteiger partial charge on any atom is 0.193 e. The number of ether oxygens (including phenoxy) is 1. The number of halogens is 1. The fourth-order valence-electron chi connectivity index (χ4n) is 3.50. The topological polar surface area (TPSA) is 40.1 Å². The Hall–Kier alpha value is -1.02. The van der Waals surface area contributed by atoms with Gasteiger partial charge in [-0.3, -0.25) is 4.99 Å². The van der Waals surface area contributed by atoms with Crippen LogP contribution in [0.5, 0.6) is 5.75 Å². The number of benzene rings is 1. The Morgan fingerprint density at radius 3 is 2.41 bits per heavy atom. The van der Waals surface area contributed by atoms with Crippen molar-refractivity contribution in [3.05, 3.63) is 30.3 Å². The second-order valence-electron chi connectivity index (χ2n) is 8.19. The van der Waals surface area contributed by atoms with Gasteiger partial charge >= 0.3 is 0 Å². The van der Waals surface area contributed by atoms with Crippen molar-refractivity contribution in [2.45, 2.75) is 39.7 Å². The molecule has 0 radical (unpaired) electrons. The Kier molecular flexibility index (Phi) is 10.4. The second kappa shape index (κ2) is 11.7. The lowest BCUT2D eigenvalue weighted by molar-refractivity contribution is 0.129. The van der Waals surface area contributed by atoms with E-state index in [4.69, 9.17) is 9.73 Å². The van der Waals surface area contributed by atoms with Gasteiger partial charge < -0.3 is 19.9 Å². The lowest BCUT2D eigenvalue weighted by Crippen LogP contribution is -2.48. The molecule has 5 nitrogen and oxygen atoms in total. The van der Waals surface area contributed by atoms with Crippen LogP contribution in [-0.2, 0) is 0 Å². The van der Waals surface area contributed by atoms with Crippen molar-refractivity contribution in [2.75, 3.05) is 46.8 Å². The van der Waals surface area contributed by atoms with Gasteiger partial charge in [0.05, 0.1) is 0 Å². The molecule has 0 aliphatic carbocycles. The van der Waals surface area contributed by atoms with Gasteiger partial charge in [-0.2, -0.15) is 0 Å². The first-order valence-electron chi connectivity index (χ1n) is 9.79. The first kappa shape index (κ1) is 24.0. The number of likely N-dealkylation sites (tertiary alicyclic amines) is 1. The molecule has 0 atom stereocenters. The summed E-state index contributed by atoms with van der Waals surface area (Å²) in [6.07, 6.45) is 2.35. The van der Waals surface area contributed by atoms with Gasteiger partial charge in [0, 0.05) is 45.6 Å². The summed E-state index contributed by atoms with van der Waals surface area (Å²) < 4.78 is 6.11. The number of hydrogen-bond donors (Lipinski definition) is 1. The molecule has 1 aromatic carbocycles. The molecule has 2 rings (SSSR count). The summed E-state index contributed by atoms with van der Waals surface area (Å²) >= 11 is 0. The zero-order chi connectivity index (χ0) is 19.0. The van der Waals surface area contributed by atoms with Crippen LogP contribution in [-0.4, -0.2) is 68.7 Å². The SMILES string of the molecule is CCNC(=NCC(C)(C)CN(C)C)N1CCC(Oc2ccccc2)CC1.I. The van der Waals surface area contributed by atoms with Crippen LogP contribution in [0, 0.1) is 5.41 Å². The van der Waals surface area contributed by atoms with Crippen molar-refractivity contribution in [2.24, 2.45) is 10.4 Å². The van der Waals surface area contributed by atoms with Crippen molar-refractivity contribution in [1.29, 1.82) is 0 Å². The predicted octanol–water partition coefficient (Wildman–Crippen LogP) is 3.70.